The maximum atomic E-state index is 13.6. The van der Waals surface area contributed by atoms with Gasteiger partial charge in [0.1, 0.15) is 17.7 Å². The third kappa shape index (κ3) is 5.57. The summed E-state index contributed by atoms with van der Waals surface area (Å²) in [5.74, 6) is -0.203. The quantitative estimate of drug-likeness (QED) is 0.282. The molecule has 9 heteroatoms. The van der Waals surface area contributed by atoms with Gasteiger partial charge in [0.15, 0.2) is 0 Å². The first-order valence-electron chi connectivity index (χ1n) is 10.6. The SMILES string of the molecule is CC(C)(C)c1ccc2nc(-c3ccc(C#N)c(NCc4cc(F)ccc4C(F)(F)F)c3)[nH]c2c1.Cl. The lowest BCUT2D eigenvalue weighted by atomic mass is 9.87. The van der Waals surface area contributed by atoms with Crippen LogP contribution in [-0.4, -0.2) is 9.97 Å². The van der Waals surface area contributed by atoms with Gasteiger partial charge in [-0.3, -0.25) is 0 Å². The predicted molar refractivity (Wildman–Crippen MR) is 131 cm³/mol. The molecule has 0 aliphatic heterocycles. The molecule has 0 aliphatic rings. The number of aromatic amines is 1. The van der Waals surface area contributed by atoms with E-state index in [-0.39, 0.29) is 35.5 Å². The third-order valence-electron chi connectivity index (χ3n) is 5.60. The number of anilines is 1. The molecule has 1 heterocycles. The van der Waals surface area contributed by atoms with Crippen molar-refractivity contribution in [1.82, 2.24) is 9.97 Å². The van der Waals surface area contributed by atoms with E-state index in [9.17, 15) is 22.8 Å². The Labute approximate surface area is 206 Å². The molecule has 4 rings (SSSR count). The van der Waals surface area contributed by atoms with Crippen LogP contribution in [0, 0.1) is 17.1 Å². The maximum Gasteiger partial charge on any atom is 0.416 e. The van der Waals surface area contributed by atoms with Gasteiger partial charge in [0.25, 0.3) is 0 Å². The van der Waals surface area contributed by atoms with E-state index < -0.39 is 17.6 Å². The zero-order valence-corrected chi connectivity index (χ0v) is 20.0. The lowest BCUT2D eigenvalue weighted by Gasteiger charge is -2.18. The molecule has 0 spiro atoms. The molecule has 182 valence electrons. The van der Waals surface area contributed by atoms with Gasteiger partial charge in [-0.2, -0.15) is 18.4 Å². The topological polar surface area (TPSA) is 64.5 Å². The van der Waals surface area contributed by atoms with Crippen molar-refractivity contribution in [2.75, 3.05) is 5.32 Å². The van der Waals surface area contributed by atoms with Crippen molar-refractivity contribution >= 4 is 29.1 Å². The van der Waals surface area contributed by atoms with Gasteiger partial charge in [0, 0.05) is 12.1 Å². The monoisotopic (exact) mass is 502 g/mol. The van der Waals surface area contributed by atoms with Crippen molar-refractivity contribution in [2.24, 2.45) is 0 Å². The van der Waals surface area contributed by atoms with Crippen LogP contribution >= 0.6 is 12.4 Å². The first-order valence-corrected chi connectivity index (χ1v) is 10.6. The van der Waals surface area contributed by atoms with Gasteiger partial charge in [-0.25, -0.2) is 9.37 Å². The summed E-state index contributed by atoms with van der Waals surface area (Å²) in [5, 5.41) is 12.3. The summed E-state index contributed by atoms with van der Waals surface area (Å²) >= 11 is 0. The second kappa shape index (κ2) is 9.59. The van der Waals surface area contributed by atoms with Crippen molar-refractivity contribution in [1.29, 1.82) is 5.26 Å². The zero-order chi connectivity index (χ0) is 24.7. The average Bonchev–Trinajstić information content (AvgIpc) is 3.19. The van der Waals surface area contributed by atoms with E-state index in [1.54, 1.807) is 18.2 Å². The van der Waals surface area contributed by atoms with E-state index in [2.05, 4.69) is 36.1 Å². The van der Waals surface area contributed by atoms with Crippen LogP contribution in [0.4, 0.5) is 23.2 Å². The highest BCUT2D eigenvalue weighted by Crippen LogP contribution is 2.33. The number of nitrogens with one attached hydrogen (secondary N) is 2. The highest BCUT2D eigenvalue weighted by atomic mass is 35.5. The summed E-state index contributed by atoms with van der Waals surface area (Å²) in [5.41, 5.74) is 2.80. The van der Waals surface area contributed by atoms with Crippen molar-refractivity contribution in [3.63, 3.8) is 0 Å². The van der Waals surface area contributed by atoms with Crippen molar-refractivity contribution in [2.45, 2.75) is 38.9 Å². The minimum absolute atomic E-state index is 0. The first kappa shape index (κ1) is 26.0. The van der Waals surface area contributed by atoms with Crippen LogP contribution in [0.25, 0.3) is 22.4 Å². The summed E-state index contributed by atoms with van der Waals surface area (Å²) in [6.45, 7) is 6.05. The van der Waals surface area contributed by atoms with Gasteiger partial charge in [-0.05, 0) is 65.1 Å². The number of imidazole rings is 1. The standard InChI is InChI=1S/C26H22F4N4.ClH/c1-25(2,3)18-6-9-21-23(12-18)34-24(33-21)15-4-5-16(13-31)22(11-15)32-14-17-10-19(27)7-8-20(17)26(28,29)30;/h4-12,32H,14H2,1-3H3,(H,33,34);1H. The number of rotatable bonds is 4. The molecule has 4 aromatic rings. The minimum atomic E-state index is -4.62. The Balaban J connectivity index is 0.00000342. The van der Waals surface area contributed by atoms with Gasteiger partial charge < -0.3 is 10.3 Å². The Bertz CT molecular complexity index is 1410. The molecular weight excluding hydrogens is 480 g/mol. The van der Waals surface area contributed by atoms with E-state index in [1.165, 1.54) is 0 Å². The van der Waals surface area contributed by atoms with Crippen LogP contribution in [0.1, 0.15) is 43.0 Å². The molecule has 0 amide bonds. The molecule has 3 aromatic carbocycles. The van der Waals surface area contributed by atoms with Gasteiger partial charge in [0.2, 0.25) is 0 Å². The highest BCUT2D eigenvalue weighted by molar-refractivity contribution is 5.85. The normalized spacial score (nSPS) is 11.7. The molecular formula is C26H23ClF4N4. The summed E-state index contributed by atoms with van der Waals surface area (Å²) < 4.78 is 53.6. The Morgan fingerprint density at radius 3 is 2.40 bits per heavy atom. The van der Waals surface area contributed by atoms with Crippen LogP contribution < -0.4 is 5.32 Å². The number of nitrogens with zero attached hydrogens (tertiary/aromatic N) is 2. The first-order chi connectivity index (χ1) is 16.0. The molecule has 0 saturated carbocycles. The number of alkyl halides is 3. The van der Waals surface area contributed by atoms with E-state index in [0.29, 0.717) is 23.1 Å². The van der Waals surface area contributed by atoms with E-state index in [4.69, 9.17) is 0 Å². The molecule has 0 unspecified atom stereocenters. The molecule has 0 aliphatic carbocycles. The number of fused-ring (bicyclic) bond motifs is 1. The van der Waals surface area contributed by atoms with E-state index >= 15 is 0 Å². The number of benzene rings is 3. The van der Waals surface area contributed by atoms with Crippen LogP contribution in [-0.2, 0) is 18.1 Å². The summed E-state index contributed by atoms with van der Waals surface area (Å²) in [7, 11) is 0. The molecule has 35 heavy (non-hydrogen) atoms. The Kier molecular flexibility index (Phi) is 7.13. The maximum absolute atomic E-state index is 13.6. The van der Waals surface area contributed by atoms with Crippen LogP contribution in [0.15, 0.2) is 54.6 Å². The molecule has 0 saturated heterocycles. The number of H-pyrrole nitrogens is 1. The largest absolute Gasteiger partial charge is 0.416 e. The molecule has 0 fully saturated rings. The zero-order valence-electron chi connectivity index (χ0n) is 19.2. The van der Waals surface area contributed by atoms with Crippen LogP contribution in [0.5, 0.6) is 0 Å². The third-order valence-corrected chi connectivity index (χ3v) is 5.60. The Morgan fingerprint density at radius 1 is 1.00 bits per heavy atom. The minimum Gasteiger partial charge on any atom is -0.380 e. The van der Waals surface area contributed by atoms with Gasteiger partial charge in [0.05, 0.1) is 27.8 Å². The predicted octanol–water partition coefficient (Wildman–Crippen LogP) is 7.59. The van der Waals surface area contributed by atoms with E-state index in [0.717, 1.165) is 28.7 Å². The molecule has 0 radical (unpaired) electrons. The number of halogens is 5. The lowest BCUT2D eigenvalue weighted by molar-refractivity contribution is -0.138. The molecule has 2 N–H and O–H groups in total. The van der Waals surface area contributed by atoms with Crippen LogP contribution in [0.3, 0.4) is 0 Å². The second-order valence-electron chi connectivity index (χ2n) is 9.09. The number of hydrogen-bond acceptors (Lipinski definition) is 3. The highest BCUT2D eigenvalue weighted by Gasteiger charge is 2.33. The number of aromatic nitrogens is 2. The Morgan fingerprint density at radius 2 is 1.74 bits per heavy atom. The molecule has 1 aromatic heterocycles. The van der Waals surface area contributed by atoms with Crippen molar-refractivity contribution < 1.29 is 17.6 Å². The summed E-state index contributed by atoms with van der Waals surface area (Å²) in [4.78, 5) is 7.89. The fourth-order valence-corrected chi connectivity index (χ4v) is 3.72. The molecule has 0 bridgehead atoms. The van der Waals surface area contributed by atoms with Gasteiger partial charge >= 0.3 is 6.18 Å². The molecule has 4 nitrogen and oxygen atoms in total. The van der Waals surface area contributed by atoms with Gasteiger partial charge in [-0.15, -0.1) is 12.4 Å². The number of nitriles is 1. The van der Waals surface area contributed by atoms with E-state index in [1.807, 2.05) is 24.3 Å². The Hall–Kier alpha value is -3.57. The number of hydrogen-bond donors (Lipinski definition) is 2. The molecule has 0 atom stereocenters. The fourth-order valence-electron chi connectivity index (χ4n) is 3.72. The van der Waals surface area contributed by atoms with Crippen molar-refractivity contribution in [3.05, 3.63) is 82.7 Å². The van der Waals surface area contributed by atoms with Crippen LogP contribution in [0.2, 0.25) is 0 Å². The average molecular weight is 503 g/mol. The summed E-state index contributed by atoms with van der Waals surface area (Å²) in [6, 6.07) is 15.3. The smallest absolute Gasteiger partial charge is 0.380 e. The summed E-state index contributed by atoms with van der Waals surface area (Å²) in [6.07, 6.45) is -4.62. The van der Waals surface area contributed by atoms with Gasteiger partial charge in [-0.1, -0.05) is 26.8 Å². The van der Waals surface area contributed by atoms with Crippen molar-refractivity contribution in [3.8, 4) is 17.5 Å². The second-order valence-corrected chi connectivity index (χ2v) is 9.09. The lowest BCUT2D eigenvalue weighted by Crippen LogP contribution is -2.12. The fraction of sp³-hybridized carbons (Fsp3) is 0.231.